The summed E-state index contributed by atoms with van der Waals surface area (Å²) in [6.45, 7) is 17.4. The number of rotatable bonds is 8. The van der Waals surface area contributed by atoms with Gasteiger partial charge in [-0.25, -0.2) is 0 Å². The van der Waals surface area contributed by atoms with Crippen molar-refractivity contribution in [1.29, 1.82) is 0 Å². The lowest BCUT2D eigenvalue weighted by Crippen LogP contribution is -2.41. The van der Waals surface area contributed by atoms with Crippen LogP contribution in [0.15, 0.2) is 48.5 Å². The second kappa shape index (κ2) is 9.47. The largest absolute Gasteiger partial charge is 0.498 e. The van der Waals surface area contributed by atoms with Crippen LogP contribution in [0.25, 0.3) is 0 Å². The Labute approximate surface area is 210 Å². The number of hydrogen-bond donors (Lipinski definition) is 0. The summed E-state index contributed by atoms with van der Waals surface area (Å²) in [5, 5.41) is 0. The molecule has 2 saturated heterocycles. The van der Waals surface area contributed by atoms with E-state index >= 15 is 0 Å². The van der Waals surface area contributed by atoms with E-state index in [1.165, 1.54) is 0 Å². The van der Waals surface area contributed by atoms with Crippen LogP contribution >= 0.6 is 0 Å². The van der Waals surface area contributed by atoms with Crippen molar-refractivity contribution in [2.24, 2.45) is 0 Å². The van der Waals surface area contributed by atoms with Crippen LogP contribution < -0.4 is 20.4 Å². The van der Waals surface area contributed by atoms with Crippen molar-refractivity contribution in [2.75, 3.05) is 13.2 Å². The van der Waals surface area contributed by atoms with Crippen molar-refractivity contribution in [3.8, 4) is 11.5 Å². The van der Waals surface area contributed by atoms with Gasteiger partial charge in [0.25, 0.3) is 0 Å². The number of para-hydroxylation sites is 2. The molecule has 0 saturated carbocycles. The van der Waals surface area contributed by atoms with Gasteiger partial charge in [-0.1, -0.05) is 36.4 Å². The van der Waals surface area contributed by atoms with Gasteiger partial charge in [-0.3, -0.25) is 0 Å². The average molecular weight is 480 g/mol. The number of hydrogen-bond acceptors (Lipinski definition) is 6. The van der Waals surface area contributed by atoms with Gasteiger partial charge in [0.2, 0.25) is 0 Å². The maximum atomic E-state index is 6.22. The molecular formula is C27H38B2O6. The van der Waals surface area contributed by atoms with Crippen LogP contribution in [0.5, 0.6) is 11.5 Å². The molecule has 0 radical (unpaired) electrons. The Kier molecular flexibility index (Phi) is 7.06. The lowest BCUT2D eigenvalue weighted by Gasteiger charge is -2.32. The quantitative estimate of drug-likeness (QED) is 0.419. The zero-order valence-electron chi connectivity index (χ0n) is 22.3. The first-order chi connectivity index (χ1) is 16.3. The summed E-state index contributed by atoms with van der Waals surface area (Å²) in [6, 6.07) is 15.8. The van der Waals surface area contributed by atoms with E-state index in [2.05, 4.69) is 55.4 Å². The highest BCUT2D eigenvalue weighted by atomic mass is 16.7. The molecular weight excluding hydrogens is 442 g/mol. The summed E-state index contributed by atoms with van der Waals surface area (Å²) in [4.78, 5) is 0. The number of ether oxygens (including phenoxy) is 2. The molecule has 0 aromatic heterocycles. The molecule has 0 spiro atoms. The van der Waals surface area contributed by atoms with Gasteiger partial charge in [0, 0.05) is 17.3 Å². The molecule has 2 aliphatic heterocycles. The van der Waals surface area contributed by atoms with Gasteiger partial charge in [-0.05, 0) is 67.5 Å². The first-order valence-corrected chi connectivity index (χ1v) is 12.5. The zero-order chi connectivity index (χ0) is 25.5. The fourth-order valence-corrected chi connectivity index (χ4v) is 3.98. The second-order valence-electron chi connectivity index (χ2n) is 11.3. The van der Waals surface area contributed by atoms with Gasteiger partial charge in [-0.2, -0.15) is 0 Å². The first-order valence-electron chi connectivity index (χ1n) is 12.5. The van der Waals surface area contributed by atoms with Crippen LogP contribution in [0.3, 0.4) is 0 Å². The summed E-state index contributed by atoms with van der Waals surface area (Å²) in [5.41, 5.74) is 0.204. The molecule has 0 N–H and O–H groups in total. The fourth-order valence-electron chi connectivity index (χ4n) is 3.98. The minimum Gasteiger partial charge on any atom is -0.494 e. The maximum absolute atomic E-state index is 6.22. The van der Waals surface area contributed by atoms with E-state index < -0.39 is 36.6 Å². The molecule has 4 rings (SSSR count). The van der Waals surface area contributed by atoms with Crippen LogP contribution in [0.2, 0.25) is 0 Å². The highest BCUT2D eigenvalue weighted by molar-refractivity contribution is 6.63. The van der Waals surface area contributed by atoms with Gasteiger partial charge >= 0.3 is 14.2 Å². The lowest BCUT2D eigenvalue weighted by molar-refractivity contribution is 0.00578. The lowest BCUT2D eigenvalue weighted by atomic mass is 9.78. The molecule has 188 valence electrons. The van der Waals surface area contributed by atoms with Crippen molar-refractivity contribution < 1.29 is 28.1 Å². The van der Waals surface area contributed by atoms with Crippen molar-refractivity contribution >= 4 is 25.2 Å². The molecule has 0 unspecified atom stereocenters. The van der Waals surface area contributed by atoms with Gasteiger partial charge in [0.1, 0.15) is 11.5 Å². The molecule has 2 aromatic carbocycles. The van der Waals surface area contributed by atoms with Gasteiger partial charge in [-0.15, -0.1) is 0 Å². The predicted octanol–water partition coefficient (Wildman–Crippen LogP) is 4.13. The van der Waals surface area contributed by atoms with Crippen molar-refractivity contribution in [3.63, 3.8) is 0 Å². The molecule has 0 bridgehead atoms. The highest BCUT2D eigenvalue weighted by Gasteiger charge is 2.53. The molecule has 2 aromatic rings. The summed E-state index contributed by atoms with van der Waals surface area (Å²) >= 11 is 0. The summed E-state index contributed by atoms with van der Waals surface area (Å²) in [7, 11) is -0.918. The van der Waals surface area contributed by atoms with Crippen LogP contribution in [0.4, 0.5) is 0 Å². The maximum Gasteiger partial charge on any atom is 0.498 e. The minimum atomic E-state index is -0.459. The van der Waals surface area contributed by atoms with Crippen LogP contribution in [0.1, 0.15) is 61.8 Å². The molecule has 35 heavy (non-hydrogen) atoms. The van der Waals surface area contributed by atoms with E-state index in [4.69, 9.17) is 28.1 Å². The Morgan fingerprint density at radius 1 is 0.543 bits per heavy atom. The van der Waals surface area contributed by atoms with Crippen LogP contribution in [-0.2, 0) is 18.6 Å². The Hall–Kier alpha value is -1.99. The Bertz CT molecular complexity index is 922. The van der Waals surface area contributed by atoms with E-state index in [0.29, 0.717) is 13.2 Å². The molecule has 0 atom stereocenters. The van der Waals surface area contributed by atoms with Crippen molar-refractivity contribution in [1.82, 2.24) is 0 Å². The van der Waals surface area contributed by atoms with E-state index in [0.717, 1.165) is 28.8 Å². The van der Waals surface area contributed by atoms with Crippen LogP contribution in [-0.4, -0.2) is 49.9 Å². The molecule has 6 nitrogen and oxygen atoms in total. The normalized spacial score (nSPS) is 21.8. The third kappa shape index (κ3) is 5.26. The first kappa shape index (κ1) is 26.1. The topological polar surface area (TPSA) is 55.4 Å². The average Bonchev–Trinajstić information content (AvgIpc) is 3.13. The third-order valence-electron chi connectivity index (χ3n) is 7.66. The summed E-state index contributed by atoms with van der Waals surface area (Å²) in [6.07, 6.45) is 0.718. The SMILES string of the molecule is CC1(C)OB(c2ccccc2OCCCOc2ccccc2B2OC(C)(C)C(C)(C)O2)OC1(C)C. The Morgan fingerprint density at radius 3 is 1.20 bits per heavy atom. The minimum absolute atomic E-state index is 0.400. The zero-order valence-corrected chi connectivity index (χ0v) is 22.3. The molecule has 0 amide bonds. The Morgan fingerprint density at radius 2 is 0.857 bits per heavy atom. The second-order valence-corrected chi connectivity index (χ2v) is 11.3. The predicted molar refractivity (Wildman–Crippen MR) is 140 cm³/mol. The molecule has 2 fully saturated rings. The Balaban J connectivity index is 1.33. The summed E-state index contributed by atoms with van der Waals surface area (Å²) in [5.74, 6) is 1.53. The van der Waals surface area contributed by atoms with E-state index in [-0.39, 0.29) is 0 Å². The van der Waals surface area contributed by atoms with E-state index in [1.54, 1.807) is 0 Å². The standard InChI is InChI=1S/C27H38B2O6/c1-24(2)25(3,4)33-28(32-24)20-14-9-11-16-22(20)30-18-13-19-31-23-17-12-10-15-21(23)29-34-26(5,6)27(7,8)35-29/h9-12,14-17H,13,18-19H2,1-8H3. The third-order valence-corrected chi connectivity index (χ3v) is 7.66. The molecule has 2 heterocycles. The fraction of sp³-hybridized carbons (Fsp3) is 0.556. The van der Waals surface area contributed by atoms with Crippen LogP contribution in [0, 0.1) is 0 Å². The van der Waals surface area contributed by atoms with Gasteiger partial charge in [0.15, 0.2) is 0 Å². The van der Waals surface area contributed by atoms with E-state index in [1.807, 2.05) is 48.5 Å². The molecule has 0 aliphatic carbocycles. The van der Waals surface area contributed by atoms with Crippen molar-refractivity contribution in [3.05, 3.63) is 48.5 Å². The van der Waals surface area contributed by atoms with Gasteiger partial charge < -0.3 is 28.1 Å². The van der Waals surface area contributed by atoms with E-state index in [9.17, 15) is 0 Å². The van der Waals surface area contributed by atoms with Crippen molar-refractivity contribution in [2.45, 2.75) is 84.2 Å². The highest BCUT2D eigenvalue weighted by Crippen LogP contribution is 2.38. The van der Waals surface area contributed by atoms with Gasteiger partial charge in [0.05, 0.1) is 35.6 Å². The summed E-state index contributed by atoms with van der Waals surface area (Å²) < 4.78 is 37.1. The molecule has 8 heteroatoms. The number of benzene rings is 2. The monoisotopic (exact) mass is 480 g/mol. The molecule has 2 aliphatic rings. The smallest absolute Gasteiger partial charge is 0.494 e.